The van der Waals surface area contributed by atoms with E-state index in [-0.39, 0.29) is 11.2 Å². The summed E-state index contributed by atoms with van der Waals surface area (Å²) in [6.07, 6.45) is 0. The van der Waals surface area contributed by atoms with Crippen molar-refractivity contribution in [3.05, 3.63) is 40.1 Å². The summed E-state index contributed by atoms with van der Waals surface area (Å²) in [7, 11) is 0. The maximum atomic E-state index is 11.2. The Morgan fingerprint density at radius 3 is 2.62 bits per heavy atom. The molecule has 1 aromatic carbocycles. The van der Waals surface area contributed by atoms with Gasteiger partial charge in [0, 0.05) is 19.6 Å². The van der Waals surface area contributed by atoms with Crippen molar-refractivity contribution in [2.45, 2.75) is 6.54 Å². The van der Waals surface area contributed by atoms with Crippen LogP contribution in [0, 0.1) is 0 Å². The second-order valence-corrected chi connectivity index (χ2v) is 3.88. The Kier molecular flexibility index (Phi) is 3.54. The lowest BCUT2D eigenvalue weighted by atomic mass is 10.2. The van der Waals surface area contributed by atoms with Crippen LogP contribution >= 0.6 is 0 Å². The lowest BCUT2D eigenvalue weighted by Gasteiger charge is -2.26. The standard InChI is InChI=1S/C12H15NO3/c14-11-3-1-10(2-4-12(11)15)9-13-5-7-16-8-6-13/h1-4H,5-9H2,(H,14,15). The van der Waals surface area contributed by atoms with Crippen LogP contribution in [0.5, 0.6) is 5.75 Å². The fourth-order valence-corrected chi connectivity index (χ4v) is 1.71. The fourth-order valence-electron chi connectivity index (χ4n) is 1.71. The van der Waals surface area contributed by atoms with Gasteiger partial charge in [-0.1, -0.05) is 12.1 Å². The third-order valence-electron chi connectivity index (χ3n) is 2.67. The van der Waals surface area contributed by atoms with Gasteiger partial charge in [-0.15, -0.1) is 0 Å². The fraction of sp³-hybridized carbons (Fsp3) is 0.417. The second kappa shape index (κ2) is 5.09. The monoisotopic (exact) mass is 221 g/mol. The highest BCUT2D eigenvalue weighted by atomic mass is 16.5. The largest absolute Gasteiger partial charge is 0.504 e. The maximum Gasteiger partial charge on any atom is 0.220 e. The Hall–Kier alpha value is -1.39. The highest BCUT2D eigenvalue weighted by Crippen LogP contribution is 2.07. The molecule has 0 unspecified atom stereocenters. The molecule has 2 rings (SSSR count). The van der Waals surface area contributed by atoms with E-state index in [9.17, 15) is 9.90 Å². The highest BCUT2D eigenvalue weighted by Gasteiger charge is 2.10. The van der Waals surface area contributed by atoms with E-state index in [1.807, 2.05) is 0 Å². The van der Waals surface area contributed by atoms with Crippen LogP contribution in [0.4, 0.5) is 0 Å². The smallest absolute Gasteiger partial charge is 0.220 e. The normalized spacial score (nSPS) is 17.2. The zero-order valence-electron chi connectivity index (χ0n) is 9.06. The summed E-state index contributed by atoms with van der Waals surface area (Å²) in [5.74, 6) is -0.201. The van der Waals surface area contributed by atoms with Crippen molar-refractivity contribution in [2.75, 3.05) is 26.3 Å². The predicted molar refractivity (Wildman–Crippen MR) is 60.5 cm³/mol. The topological polar surface area (TPSA) is 49.8 Å². The van der Waals surface area contributed by atoms with Crippen LogP contribution in [0.3, 0.4) is 0 Å². The van der Waals surface area contributed by atoms with E-state index >= 15 is 0 Å². The van der Waals surface area contributed by atoms with Gasteiger partial charge in [-0.25, -0.2) is 0 Å². The van der Waals surface area contributed by atoms with Crippen LogP contribution in [0.1, 0.15) is 5.56 Å². The number of morpholine rings is 1. The van der Waals surface area contributed by atoms with Gasteiger partial charge in [0.1, 0.15) is 0 Å². The summed E-state index contributed by atoms with van der Waals surface area (Å²) in [5.41, 5.74) is 0.688. The number of aromatic hydroxyl groups is 1. The van der Waals surface area contributed by atoms with Gasteiger partial charge in [-0.3, -0.25) is 9.69 Å². The van der Waals surface area contributed by atoms with Crippen LogP contribution < -0.4 is 5.43 Å². The van der Waals surface area contributed by atoms with E-state index in [2.05, 4.69) is 4.90 Å². The Bertz CT molecular complexity index is 413. The third kappa shape index (κ3) is 2.81. The summed E-state index contributed by atoms with van der Waals surface area (Å²) in [5, 5.41) is 9.26. The first-order valence-electron chi connectivity index (χ1n) is 5.38. The second-order valence-electron chi connectivity index (χ2n) is 3.88. The summed E-state index contributed by atoms with van der Waals surface area (Å²) >= 11 is 0. The van der Waals surface area contributed by atoms with E-state index in [1.165, 1.54) is 12.1 Å². The average Bonchev–Trinajstić information content (AvgIpc) is 2.46. The minimum Gasteiger partial charge on any atom is -0.504 e. The molecule has 16 heavy (non-hydrogen) atoms. The van der Waals surface area contributed by atoms with Gasteiger partial charge in [-0.2, -0.15) is 0 Å². The minimum absolute atomic E-state index is 0.201. The van der Waals surface area contributed by atoms with Gasteiger partial charge in [0.05, 0.1) is 13.2 Å². The maximum absolute atomic E-state index is 11.2. The molecule has 1 saturated heterocycles. The molecular formula is C12H15NO3. The Balaban J connectivity index is 2.09. The molecule has 0 amide bonds. The lowest BCUT2D eigenvalue weighted by Crippen LogP contribution is -2.35. The highest BCUT2D eigenvalue weighted by molar-refractivity contribution is 5.23. The van der Waals surface area contributed by atoms with Crippen molar-refractivity contribution in [1.29, 1.82) is 0 Å². The number of rotatable bonds is 2. The summed E-state index contributed by atoms with van der Waals surface area (Å²) in [6, 6.07) is 6.41. The molecule has 86 valence electrons. The molecule has 1 N–H and O–H groups in total. The minimum atomic E-state index is -0.340. The van der Waals surface area contributed by atoms with Gasteiger partial charge in [0.2, 0.25) is 5.43 Å². The van der Waals surface area contributed by atoms with Crippen molar-refractivity contribution in [2.24, 2.45) is 0 Å². The molecule has 0 spiro atoms. The van der Waals surface area contributed by atoms with Gasteiger partial charge < -0.3 is 9.84 Å². The van der Waals surface area contributed by atoms with Crippen LogP contribution in [0.2, 0.25) is 0 Å². The van der Waals surface area contributed by atoms with Crippen LogP contribution in [-0.4, -0.2) is 36.3 Å². The van der Waals surface area contributed by atoms with E-state index in [4.69, 9.17) is 4.74 Å². The molecule has 4 heteroatoms. The molecule has 1 aliphatic heterocycles. The van der Waals surface area contributed by atoms with E-state index in [0.717, 1.165) is 38.4 Å². The quantitative estimate of drug-likeness (QED) is 0.794. The molecule has 0 aromatic heterocycles. The first-order valence-corrected chi connectivity index (χ1v) is 5.38. The first kappa shape index (κ1) is 11.1. The Morgan fingerprint density at radius 2 is 1.88 bits per heavy atom. The van der Waals surface area contributed by atoms with Crippen molar-refractivity contribution < 1.29 is 9.84 Å². The predicted octanol–water partition coefficient (Wildman–Crippen LogP) is 0.585. The third-order valence-corrected chi connectivity index (χ3v) is 2.67. The Morgan fingerprint density at radius 1 is 1.19 bits per heavy atom. The molecule has 1 aliphatic rings. The number of hydrogen-bond donors (Lipinski definition) is 1. The van der Waals surface area contributed by atoms with Crippen LogP contribution in [0.15, 0.2) is 29.1 Å². The zero-order chi connectivity index (χ0) is 11.4. The molecule has 1 fully saturated rings. The zero-order valence-corrected chi connectivity index (χ0v) is 9.06. The van der Waals surface area contributed by atoms with Crippen LogP contribution in [0.25, 0.3) is 0 Å². The SMILES string of the molecule is O=c1ccc(CN2CCOCC2)ccc1O. The summed E-state index contributed by atoms with van der Waals surface area (Å²) < 4.78 is 5.26. The van der Waals surface area contributed by atoms with Gasteiger partial charge in [-0.05, 0) is 17.7 Å². The van der Waals surface area contributed by atoms with E-state index in [1.54, 1.807) is 12.1 Å². The molecule has 0 bridgehead atoms. The molecule has 1 aromatic rings. The van der Waals surface area contributed by atoms with Crippen molar-refractivity contribution in [3.63, 3.8) is 0 Å². The molecule has 1 heterocycles. The first-order chi connectivity index (χ1) is 7.75. The molecule has 0 saturated carbocycles. The number of nitrogens with zero attached hydrogens (tertiary/aromatic N) is 1. The van der Waals surface area contributed by atoms with Crippen LogP contribution in [-0.2, 0) is 11.3 Å². The molecule has 4 nitrogen and oxygen atoms in total. The summed E-state index contributed by atoms with van der Waals surface area (Å²) in [6.45, 7) is 4.13. The van der Waals surface area contributed by atoms with Gasteiger partial charge in [0.15, 0.2) is 5.75 Å². The van der Waals surface area contributed by atoms with E-state index in [0.29, 0.717) is 0 Å². The molecular weight excluding hydrogens is 206 g/mol. The Labute approximate surface area is 94.1 Å². The van der Waals surface area contributed by atoms with Crippen molar-refractivity contribution in [1.82, 2.24) is 4.90 Å². The average molecular weight is 221 g/mol. The molecule has 0 radical (unpaired) electrons. The summed E-state index contributed by atoms with van der Waals surface area (Å²) in [4.78, 5) is 13.4. The number of hydrogen-bond acceptors (Lipinski definition) is 4. The number of ether oxygens (including phenoxy) is 1. The van der Waals surface area contributed by atoms with Gasteiger partial charge in [0.25, 0.3) is 0 Å². The lowest BCUT2D eigenvalue weighted by molar-refractivity contribution is 0.0342. The molecule has 0 aliphatic carbocycles. The van der Waals surface area contributed by atoms with E-state index < -0.39 is 0 Å². The van der Waals surface area contributed by atoms with Gasteiger partial charge >= 0.3 is 0 Å². The van der Waals surface area contributed by atoms with Crippen molar-refractivity contribution in [3.8, 4) is 5.75 Å². The van der Waals surface area contributed by atoms with Crippen molar-refractivity contribution >= 4 is 0 Å². The molecule has 0 atom stereocenters.